The molecule has 1 saturated carbocycles. The van der Waals surface area contributed by atoms with Crippen LogP contribution in [0.15, 0.2) is 46.8 Å². The predicted molar refractivity (Wildman–Crippen MR) is 112 cm³/mol. The highest BCUT2D eigenvalue weighted by Crippen LogP contribution is 2.44. The van der Waals surface area contributed by atoms with Crippen LogP contribution in [0.2, 0.25) is 0 Å². The molecule has 142 valence electrons. The van der Waals surface area contributed by atoms with Gasteiger partial charge in [0.1, 0.15) is 6.10 Å². The Balaban J connectivity index is 1.78. The summed E-state index contributed by atoms with van der Waals surface area (Å²) < 4.78 is 6.92. The van der Waals surface area contributed by atoms with Gasteiger partial charge < -0.3 is 10.1 Å². The van der Waals surface area contributed by atoms with E-state index in [-0.39, 0.29) is 23.8 Å². The molecule has 1 N–H and O–H groups in total. The largest absolute Gasteiger partial charge is 0.459 e. The molecule has 0 radical (unpaired) electrons. The lowest BCUT2D eigenvalue weighted by molar-refractivity contribution is -0.144. The van der Waals surface area contributed by atoms with Gasteiger partial charge in [0.05, 0.1) is 5.57 Å². The molecule has 1 aromatic rings. The van der Waals surface area contributed by atoms with Gasteiger partial charge in [0.25, 0.3) is 0 Å². The van der Waals surface area contributed by atoms with Gasteiger partial charge in [-0.2, -0.15) is 0 Å². The fourth-order valence-electron chi connectivity index (χ4n) is 4.50. The van der Waals surface area contributed by atoms with Crippen LogP contribution in [0.25, 0.3) is 0 Å². The van der Waals surface area contributed by atoms with Crippen LogP contribution in [-0.2, 0) is 14.3 Å². The van der Waals surface area contributed by atoms with Gasteiger partial charge in [0.15, 0.2) is 5.78 Å². The second-order valence-electron chi connectivity index (χ2n) is 7.60. The average Bonchev–Trinajstić information content (AvgIpc) is 3.14. The Hall–Kier alpha value is -1.63. The van der Waals surface area contributed by atoms with E-state index in [0.29, 0.717) is 12.0 Å². The molecule has 4 rings (SSSR count). The van der Waals surface area contributed by atoms with Crippen molar-refractivity contribution in [2.24, 2.45) is 0 Å². The normalized spacial score (nSPS) is 23.3. The van der Waals surface area contributed by atoms with Crippen molar-refractivity contribution in [3.63, 3.8) is 0 Å². The number of hydrogen-bond donors (Lipinski definition) is 1. The van der Waals surface area contributed by atoms with Gasteiger partial charge in [-0.25, -0.2) is 4.79 Å². The van der Waals surface area contributed by atoms with Gasteiger partial charge in [-0.15, -0.1) is 0 Å². The number of Topliss-reactive ketones (excluding diaryl/α,β-unsaturated/α-hetero) is 1. The monoisotopic (exact) mass is 477 g/mol. The highest BCUT2D eigenvalue weighted by molar-refractivity contribution is 14.1. The Kier molecular flexibility index (Phi) is 5.39. The van der Waals surface area contributed by atoms with Crippen LogP contribution >= 0.6 is 22.6 Å². The third kappa shape index (κ3) is 3.58. The molecule has 5 heteroatoms. The third-order valence-electron chi connectivity index (χ3n) is 5.79. The van der Waals surface area contributed by atoms with Crippen LogP contribution in [-0.4, -0.2) is 17.9 Å². The Labute approximate surface area is 173 Å². The number of ether oxygens (including phenoxy) is 1. The molecule has 4 nitrogen and oxygen atoms in total. The number of rotatable bonds is 3. The number of esters is 1. The first-order valence-electron chi connectivity index (χ1n) is 9.75. The Morgan fingerprint density at radius 1 is 1.15 bits per heavy atom. The molecule has 27 heavy (non-hydrogen) atoms. The number of hydrogen-bond acceptors (Lipinski definition) is 4. The maximum atomic E-state index is 13.2. The molecule has 1 aromatic carbocycles. The first kappa shape index (κ1) is 18.7. The number of benzene rings is 1. The minimum absolute atomic E-state index is 0.00530. The minimum atomic E-state index is -0.337. The summed E-state index contributed by atoms with van der Waals surface area (Å²) in [5.41, 5.74) is 4.16. The van der Waals surface area contributed by atoms with Crippen molar-refractivity contribution in [1.29, 1.82) is 0 Å². The van der Waals surface area contributed by atoms with E-state index < -0.39 is 0 Å². The van der Waals surface area contributed by atoms with Gasteiger partial charge in [-0.3, -0.25) is 4.79 Å². The molecule has 3 aliphatic rings. The molecule has 0 unspecified atom stereocenters. The molecule has 1 fully saturated rings. The topological polar surface area (TPSA) is 55.4 Å². The number of carbonyl (C=O) groups is 2. The van der Waals surface area contributed by atoms with Crippen LogP contribution in [0.4, 0.5) is 0 Å². The average molecular weight is 477 g/mol. The lowest BCUT2D eigenvalue weighted by Crippen LogP contribution is -2.35. The van der Waals surface area contributed by atoms with E-state index in [2.05, 4.69) is 27.9 Å². The first-order chi connectivity index (χ1) is 13.1. The third-order valence-corrected chi connectivity index (χ3v) is 6.77. The SMILES string of the molecule is CC1=C(C(=O)OC2CCCC2)[C@H](c2ccccc2I)C2=C(CCCC2=O)N1. The Bertz CT molecular complexity index is 849. The standard InChI is InChI=1S/C22H24INO3/c1-13-19(22(26)27-14-7-2-3-8-14)20(15-9-4-5-10-16(15)23)21-17(24-13)11-6-12-18(21)25/h4-5,9-10,14,20,24H,2-3,6-8,11-12H2,1H3/t20-/m0/s1. The van der Waals surface area contributed by atoms with Crippen LogP contribution in [0.3, 0.4) is 0 Å². The summed E-state index contributed by atoms with van der Waals surface area (Å²) in [7, 11) is 0. The molecule has 0 aromatic heterocycles. The van der Waals surface area contributed by atoms with E-state index in [1.807, 2.05) is 31.2 Å². The smallest absolute Gasteiger partial charge is 0.337 e. The van der Waals surface area contributed by atoms with E-state index in [0.717, 1.165) is 64.6 Å². The number of halogens is 1. The maximum Gasteiger partial charge on any atom is 0.337 e. The number of nitrogens with one attached hydrogen (secondary N) is 1. The van der Waals surface area contributed by atoms with Crippen LogP contribution < -0.4 is 5.32 Å². The van der Waals surface area contributed by atoms with Crippen LogP contribution in [0, 0.1) is 3.57 Å². The summed E-state index contributed by atoms with van der Waals surface area (Å²) in [6, 6.07) is 8.01. The lowest BCUT2D eigenvalue weighted by Gasteiger charge is -2.34. The number of dihydropyridines is 1. The van der Waals surface area contributed by atoms with E-state index in [1.165, 1.54) is 0 Å². The quantitative estimate of drug-likeness (QED) is 0.505. The van der Waals surface area contributed by atoms with Gasteiger partial charge in [-0.05, 0) is 79.7 Å². The van der Waals surface area contributed by atoms with Crippen molar-refractivity contribution in [2.75, 3.05) is 0 Å². The predicted octanol–water partition coefficient (Wildman–Crippen LogP) is 4.74. The number of ketones is 1. The van der Waals surface area contributed by atoms with E-state index in [1.54, 1.807) is 0 Å². The zero-order valence-electron chi connectivity index (χ0n) is 15.5. The van der Waals surface area contributed by atoms with Crippen molar-refractivity contribution in [2.45, 2.75) is 63.9 Å². The fourth-order valence-corrected chi connectivity index (χ4v) is 5.19. The summed E-state index contributed by atoms with van der Waals surface area (Å²) in [6.45, 7) is 1.93. The molecule has 1 atom stereocenters. The van der Waals surface area contributed by atoms with Crippen molar-refractivity contribution in [3.8, 4) is 0 Å². The number of allylic oxidation sites excluding steroid dienone is 3. The van der Waals surface area contributed by atoms with Gasteiger partial charge in [-0.1, -0.05) is 18.2 Å². The van der Waals surface area contributed by atoms with Gasteiger partial charge >= 0.3 is 5.97 Å². The molecule has 0 bridgehead atoms. The molecule has 0 saturated heterocycles. The summed E-state index contributed by atoms with van der Waals surface area (Å²) in [6.07, 6.45) is 6.36. The zero-order chi connectivity index (χ0) is 19.0. The Morgan fingerprint density at radius 2 is 1.89 bits per heavy atom. The zero-order valence-corrected chi connectivity index (χ0v) is 17.7. The molecule has 0 spiro atoms. The maximum absolute atomic E-state index is 13.2. The van der Waals surface area contributed by atoms with Crippen molar-refractivity contribution in [3.05, 3.63) is 55.9 Å². The summed E-state index contributed by atoms with van der Waals surface area (Å²) in [5, 5.41) is 3.36. The molecule has 2 aliphatic carbocycles. The van der Waals surface area contributed by atoms with E-state index >= 15 is 0 Å². The van der Waals surface area contributed by atoms with Crippen LogP contribution in [0.5, 0.6) is 0 Å². The van der Waals surface area contributed by atoms with E-state index in [9.17, 15) is 9.59 Å². The minimum Gasteiger partial charge on any atom is -0.459 e. The molecule has 0 amide bonds. The molecular formula is C22H24INO3. The van der Waals surface area contributed by atoms with Crippen molar-refractivity contribution < 1.29 is 14.3 Å². The van der Waals surface area contributed by atoms with Crippen molar-refractivity contribution in [1.82, 2.24) is 5.32 Å². The molecular weight excluding hydrogens is 453 g/mol. The second kappa shape index (κ2) is 7.78. The fraction of sp³-hybridized carbons (Fsp3) is 0.455. The van der Waals surface area contributed by atoms with Crippen molar-refractivity contribution >= 4 is 34.3 Å². The van der Waals surface area contributed by atoms with Crippen LogP contribution in [0.1, 0.15) is 63.4 Å². The lowest BCUT2D eigenvalue weighted by atomic mass is 9.75. The summed E-state index contributed by atoms with van der Waals surface area (Å²) in [4.78, 5) is 26.1. The van der Waals surface area contributed by atoms with Gasteiger partial charge in [0.2, 0.25) is 0 Å². The highest BCUT2D eigenvalue weighted by atomic mass is 127. The van der Waals surface area contributed by atoms with Gasteiger partial charge in [0, 0.05) is 32.9 Å². The second-order valence-corrected chi connectivity index (χ2v) is 8.76. The summed E-state index contributed by atoms with van der Waals surface area (Å²) in [5.74, 6) is -0.468. The Morgan fingerprint density at radius 3 is 2.63 bits per heavy atom. The molecule has 1 heterocycles. The molecule has 1 aliphatic heterocycles. The number of carbonyl (C=O) groups excluding carboxylic acids is 2. The summed E-state index contributed by atoms with van der Waals surface area (Å²) >= 11 is 2.29. The first-order valence-corrected chi connectivity index (χ1v) is 10.8. The highest BCUT2D eigenvalue weighted by Gasteiger charge is 2.40. The van der Waals surface area contributed by atoms with E-state index in [4.69, 9.17) is 4.74 Å².